The molecule has 0 fully saturated rings. The Bertz CT molecular complexity index is 139. The smallest absolute Gasteiger partial charge is 0.137 e. The van der Waals surface area contributed by atoms with Crippen LogP contribution in [0.5, 0.6) is 0 Å². The Morgan fingerprint density at radius 1 is 1.11 bits per heavy atom. The highest BCUT2D eigenvalue weighted by Crippen LogP contribution is 2.05. The minimum atomic E-state index is 0.119. The fourth-order valence-corrected chi connectivity index (χ4v) is 0.449. The van der Waals surface area contributed by atoms with E-state index in [4.69, 9.17) is 0 Å². The Balaban J connectivity index is 3.92. The third-order valence-corrected chi connectivity index (χ3v) is 1.21. The molecular weight excluding hydrogens is 112 g/mol. The predicted molar refractivity (Wildman–Crippen MR) is 39.0 cm³/mol. The third kappa shape index (κ3) is 3.95. The zero-order valence-electron chi connectivity index (χ0n) is 6.49. The highest BCUT2D eigenvalue weighted by molar-refractivity contribution is 5.87. The maximum atomic E-state index is 10.5. The maximum Gasteiger partial charge on any atom is 0.137 e. The molecule has 0 rings (SSSR count). The summed E-state index contributed by atoms with van der Waals surface area (Å²) < 4.78 is 0. The number of rotatable bonds is 2. The summed E-state index contributed by atoms with van der Waals surface area (Å²) in [4.78, 5) is 10.5. The van der Waals surface area contributed by atoms with Crippen LogP contribution in [-0.4, -0.2) is 5.78 Å². The summed E-state index contributed by atoms with van der Waals surface area (Å²) in [6.45, 7) is 7.49. The molecule has 0 aliphatic carbocycles. The molecule has 1 radical (unpaired) electrons. The molecule has 0 aliphatic rings. The number of carbonyl (C=O) groups excluding carboxylic acids is 1. The van der Waals surface area contributed by atoms with Crippen LogP contribution in [0.2, 0.25) is 0 Å². The van der Waals surface area contributed by atoms with Gasteiger partial charge in [-0.1, -0.05) is 11.1 Å². The minimum absolute atomic E-state index is 0.119. The first-order chi connectivity index (χ1) is 4.04. The van der Waals surface area contributed by atoms with E-state index in [2.05, 4.69) is 0 Å². The average molecular weight is 125 g/mol. The van der Waals surface area contributed by atoms with E-state index < -0.39 is 0 Å². The molecule has 0 amide bonds. The second kappa shape index (κ2) is 3.44. The largest absolute Gasteiger partial charge is 0.299 e. The lowest BCUT2D eigenvalue weighted by molar-refractivity contribution is -0.113. The van der Waals surface area contributed by atoms with Crippen LogP contribution in [0.4, 0.5) is 0 Å². The first-order valence-corrected chi connectivity index (χ1v) is 3.03. The van der Waals surface area contributed by atoms with Crippen LogP contribution < -0.4 is 0 Å². The van der Waals surface area contributed by atoms with Crippen LogP contribution >= 0.6 is 0 Å². The number of ketones is 1. The van der Waals surface area contributed by atoms with E-state index in [1.165, 1.54) is 5.57 Å². The van der Waals surface area contributed by atoms with E-state index in [0.717, 1.165) is 5.57 Å². The van der Waals surface area contributed by atoms with Gasteiger partial charge in [-0.3, -0.25) is 4.79 Å². The van der Waals surface area contributed by atoms with E-state index >= 15 is 0 Å². The standard InChI is InChI=1S/C8H13O/c1-6(2)7(3)5-8(4)9/h5H,1-4H3. The van der Waals surface area contributed by atoms with Gasteiger partial charge in [-0.25, -0.2) is 0 Å². The van der Waals surface area contributed by atoms with Gasteiger partial charge in [0.05, 0.1) is 6.42 Å². The molecule has 0 spiro atoms. The van der Waals surface area contributed by atoms with Crippen molar-refractivity contribution in [3.63, 3.8) is 0 Å². The van der Waals surface area contributed by atoms with Crippen molar-refractivity contribution < 1.29 is 4.79 Å². The summed E-state index contributed by atoms with van der Waals surface area (Å²) in [5.41, 5.74) is 2.27. The van der Waals surface area contributed by atoms with Gasteiger partial charge in [-0.15, -0.1) is 0 Å². The summed E-state index contributed by atoms with van der Waals surface area (Å²) in [6.07, 6.45) is 1.65. The zero-order valence-corrected chi connectivity index (χ0v) is 6.49. The fraction of sp³-hybridized carbons (Fsp3) is 0.500. The van der Waals surface area contributed by atoms with Crippen molar-refractivity contribution in [3.05, 3.63) is 17.6 Å². The quantitative estimate of drug-likeness (QED) is 0.552. The van der Waals surface area contributed by atoms with Gasteiger partial charge in [0.25, 0.3) is 0 Å². The molecule has 0 atom stereocenters. The van der Waals surface area contributed by atoms with Crippen molar-refractivity contribution >= 4 is 5.78 Å². The van der Waals surface area contributed by atoms with Crippen LogP contribution in [0.15, 0.2) is 11.1 Å². The molecule has 0 saturated carbocycles. The van der Waals surface area contributed by atoms with Gasteiger partial charge in [0.15, 0.2) is 0 Å². The van der Waals surface area contributed by atoms with Crippen LogP contribution in [0, 0.1) is 6.42 Å². The molecule has 0 N–H and O–H groups in total. The van der Waals surface area contributed by atoms with Crippen LogP contribution in [-0.2, 0) is 4.79 Å². The number of allylic oxidation sites excluding steroid dienone is 2. The van der Waals surface area contributed by atoms with E-state index in [0.29, 0.717) is 0 Å². The molecule has 0 heterocycles. The summed E-state index contributed by atoms with van der Waals surface area (Å²) in [6, 6.07) is 0. The molecule has 0 unspecified atom stereocenters. The van der Waals surface area contributed by atoms with Crippen LogP contribution in [0.25, 0.3) is 0 Å². The van der Waals surface area contributed by atoms with Gasteiger partial charge in [0.1, 0.15) is 5.78 Å². The Morgan fingerprint density at radius 2 is 1.56 bits per heavy atom. The van der Waals surface area contributed by atoms with Gasteiger partial charge < -0.3 is 0 Å². The lowest BCUT2D eigenvalue weighted by Crippen LogP contribution is -1.92. The molecule has 0 saturated heterocycles. The Labute approximate surface area is 56.8 Å². The van der Waals surface area contributed by atoms with E-state index in [-0.39, 0.29) is 5.78 Å². The van der Waals surface area contributed by atoms with Crippen LogP contribution in [0.3, 0.4) is 0 Å². The number of hydrogen-bond acceptors (Lipinski definition) is 1. The van der Waals surface area contributed by atoms with Crippen molar-refractivity contribution in [2.45, 2.75) is 27.7 Å². The van der Waals surface area contributed by atoms with E-state index in [1.807, 2.05) is 20.8 Å². The number of hydrogen-bond donors (Lipinski definition) is 0. The molecule has 51 valence electrons. The summed E-state index contributed by atoms with van der Waals surface area (Å²) >= 11 is 0. The average Bonchev–Trinajstić information content (AvgIpc) is 1.63. The molecule has 0 aromatic heterocycles. The Hall–Kier alpha value is -0.590. The lowest BCUT2D eigenvalue weighted by atomic mass is 10.1. The van der Waals surface area contributed by atoms with Gasteiger partial charge in [0, 0.05) is 0 Å². The monoisotopic (exact) mass is 125 g/mol. The summed E-state index contributed by atoms with van der Waals surface area (Å²) in [5, 5.41) is 0. The Morgan fingerprint density at radius 3 is 1.67 bits per heavy atom. The lowest BCUT2D eigenvalue weighted by Gasteiger charge is -1.97. The SMILES string of the molecule is CC(=O)[CH]C(C)=C(C)C. The molecule has 0 aromatic rings. The van der Waals surface area contributed by atoms with Gasteiger partial charge >= 0.3 is 0 Å². The van der Waals surface area contributed by atoms with Crippen molar-refractivity contribution in [1.82, 2.24) is 0 Å². The maximum absolute atomic E-state index is 10.5. The first kappa shape index (κ1) is 8.41. The predicted octanol–water partition coefficient (Wildman–Crippen LogP) is 2.14. The van der Waals surface area contributed by atoms with Gasteiger partial charge in [0.2, 0.25) is 0 Å². The summed E-state index contributed by atoms with van der Waals surface area (Å²) in [7, 11) is 0. The zero-order chi connectivity index (χ0) is 7.44. The summed E-state index contributed by atoms with van der Waals surface area (Å²) in [5.74, 6) is 0.119. The molecule has 0 bridgehead atoms. The van der Waals surface area contributed by atoms with Gasteiger partial charge in [-0.2, -0.15) is 0 Å². The topological polar surface area (TPSA) is 17.1 Å². The van der Waals surface area contributed by atoms with Crippen molar-refractivity contribution in [2.24, 2.45) is 0 Å². The highest BCUT2D eigenvalue weighted by atomic mass is 16.1. The number of carbonyl (C=O) groups is 1. The normalized spacial score (nSPS) is 8.89. The fourth-order valence-electron chi connectivity index (χ4n) is 0.449. The highest BCUT2D eigenvalue weighted by Gasteiger charge is 1.96. The number of Topliss-reactive ketones (excluding diaryl/α,β-unsaturated/α-hetero) is 1. The van der Waals surface area contributed by atoms with Gasteiger partial charge in [-0.05, 0) is 27.7 Å². The second-order valence-corrected chi connectivity index (χ2v) is 2.44. The van der Waals surface area contributed by atoms with Crippen LogP contribution in [0.1, 0.15) is 27.7 Å². The molecule has 1 heteroatoms. The molecule has 0 aliphatic heterocycles. The van der Waals surface area contributed by atoms with Crippen molar-refractivity contribution in [1.29, 1.82) is 0 Å². The molecule has 1 nitrogen and oxygen atoms in total. The second-order valence-electron chi connectivity index (χ2n) is 2.44. The molecule has 0 aromatic carbocycles. The third-order valence-electron chi connectivity index (χ3n) is 1.21. The Kier molecular flexibility index (Phi) is 3.21. The van der Waals surface area contributed by atoms with E-state index in [9.17, 15) is 4.79 Å². The van der Waals surface area contributed by atoms with Crippen molar-refractivity contribution in [2.75, 3.05) is 0 Å². The first-order valence-electron chi connectivity index (χ1n) is 3.03. The molecular formula is C8H13O. The van der Waals surface area contributed by atoms with Crippen molar-refractivity contribution in [3.8, 4) is 0 Å². The van der Waals surface area contributed by atoms with E-state index in [1.54, 1.807) is 13.3 Å². The molecule has 9 heavy (non-hydrogen) atoms. The minimum Gasteiger partial charge on any atom is -0.299 e.